The lowest BCUT2D eigenvalue weighted by molar-refractivity contribution is -0.127. The summed E-state index contributed by atoms with van der Waals surface area (Å²) in [6, 6.07) is 18.6. The molecule has 0 spiro atoms. The number of nitrogens with zero attached hydrogens (tertiary/aromatic N) is 4. The van der Waals surface area contributed by atoms with Crippen molar-refractivity contribution in [2.45, 2.75) is 32.9 Å². The second-order valence-corrected chi connectivity index (χ2v) is 9.66. The van der Waals surface area contributed by atoms with Crippen LogP contribution in [0.25, 0.3) is 11.0 Å². The van der Waals surface area contributed by atoms with Crippen LogP contribution in [0.4, 0.5) is 5.69 Å². The molecule has 0 aliphatic carbocycles. The third-order valence-electron chi connectivity index (χ3n) is 6.58. The molecule has 4 rings (SSSR count). The van der Waals surface area contributed by atoms with Gasteiger partial charge >= 0.3 is 0 Å². The first kappa shape index (κ1) is 28.4. The zero-order chi connectivity index (χ0) is 28.6. The first-order valence-electron chi connectivity index (χ1n) is 13.1. The van der Waals surface area contributed by atoms with Gasteiger partial charge in [-0.3, -0.25) is 14.5 Å². The Kier molecular flexibility index (Phi) is 9.21. The number of carbonyl (C=O) groups excluding carboxylic acids is 2. The molecule has 40 heavy (non-hydrogen) atoms. The lowest BCUT2D eigenvalue weighted by Crippen LogP contribution is -2.46. The zero-order valence-corrected chi connectivity index (χ0v) is 23.5. The van der Waals surface area contributed by atoms with E-state index in [0.717, 1.165) is 6.42 Å². The molecule has 1 unspecified atom stereocenters. The lowest BCUT2D eigenvalue weighted by atomic mass is 10.0. The predicted octanol–water partition coefficient (Wildman–Crippen LogP) is 4.39. The van der Waals surface area contributed by atoms with Gasteiger partial charge in [0.1, 0.15) is 35.4 Å². The third-order valence-corrected chi connectivity index (χ3v) is 6.58. The van der Waals surface area contributed by atoms with Gasteiger partial charge in [-0.05, 0) is 48.7 Å². The highest BCUT2D eigenvalue weighted by atomic mass is 16.5. The number of benzene rings is 3. The minimum absolute atomic E-state index is 0.160. The van der Waals surface area contributed by atoms with Crippen LogP contribution in [0.5, 0.6) is 17.2 Å². The zero-order valence-electron chi connectivity index (χ0n) is 23.5. The smallest absolute Gasteiger partial charge is 0.249 e. The van der Waals surface area contributed by atoms with Gasteiger partial charge < -0.3 is 19.5 Å². The molecule has 1 aromatic heterocycles. The Morgan fingerprint density at radius 2 is 1.65 bits per heavy atom. The fourth-order valence-corrected chi connectivity index (χ4v) is 4.51. The Bertz CT molecular complexity index is 1470. The van der Waals surface area contributed by atoms with Crippen molar-refractivity contribution >= 4 is 28.5 Å². The summed E-state index contributed by atoms with van der Waals surface area (Å²) in [7, 11) is 4.60. The summed E-state index contributed by atoms with van der Waals surface area (Å²) < 4.78 is 18.2. The third kappa shape index (κ3) is 6.17. The summed E-state index contributed by atoms with van der Waals surface area (Å²) in [5.41, 5.74) is 2.30. The first-order chi connectivity index (χ1) is 19.4. The fourth-order valence-electron chi connectivity index (χ4n) is 4.51. The number of ether oxygens (including phenoxy) is 3. The number of rotatable bonds is 12. The molecule has 1 N–H and O–H groups in total. The van der Waals surface area contributed by atoms with Gasteiger partial charge in [-0.2, -0.15) is 0 Å². The van der Waals surface area contributed by atoms with Crippen molar-refractivity contribution in [2.75, 3.05) is 32.8 Å². The monoisotopic (exact) mass is 545 g/mol. The molecule has 10 nitrogen and oxygen atoms in total. The van der Waals surface area contributed by atoms with Crippen LogP contribution >= 0.6 is 0 Å². The summed E-state index contributed by atoms with van der Waals surface area (Å²) in [6.07, 6.45) is 0.783. The summed E-state index contributed by atoms with van der Waals surface area (Å²) >= 11 is 0. The molecule has 0 bridgehead atoms. The lowest BCUT2D eigenvalue weighted by Gasteiger charge is -2.33. The highest BCUT2D eigenvalue weighted by Crippen LogP contribution is 2.39. The van der Waals surface area contributed by atoms with E-state index in [1.165, 1.54) is 23.8 Å². The number of carbonyl (C=O) groups is 2. The van der Waals surface area contributed by atoms with Gasteiger partial charge in [0.15, 0.2) is 0 Å². The number of fused-ring (bicyclic) bond motifs is 1. The number of methoxy groups -OCH3 is 3. The van der Waals surface area contributed by atoms with Gasteiger partial charge in [0, 0.05) is 18.2 Å². The predicted molar refractivity (Wildman–Crippen MR) is 153 cm³/mol. The van der Waals surface area contributed by atoms with Crippen LogP contribution < -0.4 is 24.4 Å². The quantitative estimate of drug-likeness (QED) is 0.281. The van der Waals surface area contributed by atoms with Crippen LogP contribution in [0.3, 0.4) is 0 Å². The Morgan fingerprint density at radius 1 is 0.925 bits per heavy atom. The Morgan fingerprint density at radius 3 is 2.38 bits per heavy atom. The molecule has 10 heteroatoms. The van der Waals surface area contributed by atoms with E-state index in [2.05, 4.69) is 29.5 Å². The maximum Gasteiger partial charge on any atom is 0.249 e. The maximum absolute atomic E-state index is 14.3. The number of aromatic nitrogens is 3. The molecule has 3 aromatic carbocycles. The summed E-state index contributed by atoms with van der Waals surface area (Å²) in [5.74, 6) is 1.05. The molecule has 1 heterocycles. The molecule has 4 aromatic rings. The van der Waals surface area contributed by atoms with Crippen molar-refractivity contribution in [1.82, 2.24) is 20.3 Å². The van der Waals surface area contributed by atoms with E-state index >= 15 is 0 Å². The van der Waals surface area contributed by atoms with Crippen LogP contribution in [0.15, 0.2) is 66.7 Å². The van der Waals surface area contributed by atoms with Crippen LogP contribution in [0.1, 0.15) is 31.9 Å². The van der Waals surface area contributed by atoms with Crippen LogP contribution in [0.2, 0.25) is 0 Å². The standard InChI is InChI=1S/C30H35N5O5/c1-20(2)16-17-31-30(37)29(22-15-14-21(38-3)18-27(22)40-5)35(25-12-8-9-13-26(25)39-4)28(36)19-34-24-11-7-6-10-23(24)32-33-34/h6-15,18,20,29H,16-17,19H2,1-5H3,(H,31,37). The second kappa shape index (κ2) is 13.0. The molecule has 0 fully saturated rings. The summed E-state index contributed by atoms with van der Waals surface area (Å²) in [4.78, 5) is 29.7. The van der Waals surface area contributed by atoms with Gasteiger partial charge in [0.2, 0.25) is 11.8 Å². The number of amides is 2. The number of hydrogen-bond donors (Lipinski definition) is 1. The average Bonchev–Trinajstić information content (AvgIpc) is 3.37. The van der Waals surface area contributed by atoms with Gasteiger partial charge in [-0.15, -0.1) is 5.10 Å². The topological polar surface area (TPSA) is 108 Å². The van der Waals surface area contributed by atoms with E-state index in [1.807, 2.05) is 30.3 Å². The Labute approximate surface area is 233 Å². The van der Waals surface area contributed by atoms with E-state index in [-0.39, 0.29) is 18.4 Å². The Hall–Kier alpha value is -4.60. The molecule has 0 saturated carbocycles. The molecule has 1 atom stereocenters. The number of hydrogen-bond acceptors (Lipinski definition) is 7. The first-order valence-corrected chi connectivity index (χ1v) is 13.1. The van der Waals surface area contributed by atoms with Crippen molar-refractivity contribution in [3.8, 4) is 17.2 Å². The van der Waals surface area contributed by atoms with Crippen LogP contribution in [-0.2, 0) is 16.1 Å². The molecule has 0 radical (unpaired) electrons. The van der Waals surface area contributed by atoms with E-state index in [1.54, 1.807) is 43.5 Å². The van der Waals surface area contributed by atoms with Crippen LogP contribution in [-0.4, -0.2) is 54.7 Å². The van der Waals surface area contributed by atoms with Crippen molar-refractivity contribution in [3.05, 3.63) is 72.3 Å². The molecule has 0 aliphatic rings. The summed E-state index contributed by atoms with van der Waals surface area (Å²) in [6.45, 7) is 4.46. The highest BCUT2D eigenvalue weighted by Gasteiger charge is 2.36. The van der Waals surface area contributed by atoms with E-state index < -0.39 is 6.04 Å². The SMILES string of the molecule is COc1ccc(C(C(=O)NCCC(C)C)N(C(=O)Cn2nnc3ccccc32)c2ccccc2OC)c(OC)c1. The summed E-state index contributed by atoms with van der Waals surface area (Å²) in [5, 5.41) is 11.4. The Balaban J connectivity index is 1.86. The molecular formula is C30H35N5O5. The molecular weight excluding hydrogens is 510 g/mol. The minimum Gasteiger partial charge on any atom is -0.497 e. The highest BCUT2D eigenvalue weighted by molar-refractivity contribution is 6.03. The number of para-hydroxylation sites is 3. The van der Waals surface area contributed by atoms with Crippen LogP contribution in [0, 0.1) is 5.92 Å². The largest absolute Gasteiger partial charge is 0.497 e. The maximum atomic E-state index is 14.3. The van der Waals surface area contributed by atoms with Gasteiger partial charge in [-0.1, -0.05) is 43.3 Å². The molecule has 0 saturated heterocycles. The number of nitrogens with one attached hydrogen (secondary N) is 1. The van der Waals surface area contributed by atoms with E-state index in [9.17, 15) is 9.59 Å². The minimum atomic E-state index is -1.09. The fraction of sp³-hybridized carbons (Fsp3) is 0.333. The van der Waals surface area contributed by atoms with Crippen molar-refractivity contribution in [3.63, 3.8) is 0 Å². The molecule has 0 aliphatic heterocycles. The van der Waals surface area contributed by atoms with Gasteiger partial charge in [0.05, 0.1) is 32.5 Å². The van der Waals surface area contributed by atoms with Crippen molar-refractivity contribution in [1.29, 1.82) is 0 Å². The average molecular weight is 546 g/mol. The second-order valence-electron chi connectivity index (χ2n) is 9.66. The number of anilines is 1. The van der Waals surface area contributed by atoms with E-state index in [4.69, 9.17) is 14.2 Å². The van der Waals surface area contributed by atoms with Gasteiger partial charge in [-0.25, -0.2) is 4.68 Å². The normalized spacial score (nSPS) is 11.8. The molecule has 210 valence electrons. The van der Waals surface area contributed by atoms with E-state index in [0.29, 0.717) is 52.0 Å². The van der Waals surface area contributed by atoms with Gasteiger partial charge in [0.25, 0.3) is 0 Å². The van der Waals surface area contributed by atoms with Crippen molar-refractivity contribution < 1.29 is 23.8 Å². The molecule has 2 amide bonds. The van der Waals surface area contributed by atoms with Crippen molar-refractivity contribution in [2.24, 2.45) is 5.92 Å².